The summed E-state index contributed by atoms with van der Waals surface area (Å²) in [5.74, 6) is -0.476. The van der Waals surface area contributed by atoms with Crippen LogP contribution in [0.4, 0.5) is 4.79 Å². The maximum atomic E-state index is 11.3. The quantitative estimate of drug-likeness (QED) is 0.572. The van der Waals surface area contributed by atoms with Gasteiger partial charge >= 0.3 is 12.1 Å². The van der Waals surface area contributed by atoms with E-state index in [4.69, 9.17) is 9.47 Å². The Morgan fingerprint density at radius 1 is 1.35 bits per heavy atom. The number of nitrogens with one attached hydrogen (secondary N) is 1. The fourth-order valence-corrected chi connectivity index (χ4v) is 0.948. The van der Waals surface area contributed by atoms with Gasteiger partial charge in [0.1, 0.15) is 12.7 Å². The Morgan fingerprint density at radius 3 is 2.35 bits per heavy atom. The predicted octanol–water partition coefficient (Wildman–Crippen LogP) is 2.02. The Labute approximate surface area is 102 Å². The molecule has 0 aromatic rings. The SMILES string of the molecule is C=C(C)C(=O)OCC(CC)OC(=O)NC(C)C. The molecule has 5 heteroatoms. The molecule has 0 aromatic carbocycles. The van der Waals surface area contributed by atoms with Gasteiger partial charge in [-0.05, 0) is 27.2 Å². The van der Waals surface area contributed by atoms with Gasteiger partial charge in [-0.3, -0.25) is 0 Å². The maximum Gasteiger partial charge on any atom is 0.407 e. The first-order valence-corrected chi connectivity index (χ1v) is 5.66. The fraction of sp³-hybridized carbons (Fsp3) is 0.667. The van der Waals surface area contributed by atoms with Crippen molar-refractivity contribution in [3.63, 3.8) is 0 Å². The monoisotopic (exact) mass is 243 g/mol. The van der Waals surface area contributed by atoms with Gasteiger partial charge in [-0.2, -0.15) is 0 Å². The number of carbonyl (C=O) groups excluding carboxylic acids is 2. The van der Waals surface area contributed by atoms with Gasteiger partial charge < -0.3 is 14.8 Å². The van der Waals surface area contributed by atoms with Crippen LogP contribution in [0.1, 0.15) is 34.1 Å². The van der Waals surface area contributed by atoms with Crippen molar-refractivity contribution in [2.75, 3.05) is 6.61 Å². The van der Waals surface area contributed by atoms with E-state index < -0.39 is 18.2 Å². The third-order valence-electron chi connectivity index (χ3n) is 1.88. The van der Waals surface area contributed by atoms with Crippen LogP contribution in [-0.4, -0.2) is 30.8 Å². The Hall–Kier alpha value is -1.52. The van der Waals surface area contributed by atoms with Gasteiger partial charge in [-0.15, -0.1) is 0 Å². The van der Waals surface area contributed by atoms with Crippen LogP contribution >= 0.6 is 0 Å². The Morgan fingerprint density at radius 2 is 1.94 bits per heavy atom. The molecule has 0 bridgehead atoms. The smallest absolute Gasteiger partial charge is 0.407 e. The van der Waals surface area contributed by atoms with E-state index >= 15 is 0 Å². The number of hydrogen-bond donors (Lipinski definition) is 1. The average molecular weight is 243 g/mol. The number of alkyl carbamates (subject to hydrolysis) is 1. The van der Waals surface area contributed by atoms with Crippen molar-refractivity contribution in [1.82, 2.24) is 5.32 Å². The van der Waals surface area contributed by atoms with E-state index in [1.54, 1.807) is 6.92 Å². The van der Waals surface area contributed by atoms with Crippen LogP contribution in [0.3, 0.4) is 0 Å². The highest BCUT2D eigenvalue weighted by atomic mass is 16.6. The summed E-state index contributed by atoms with van der Waals surface area (Å²) < 4.78 is 10.0. The van der Waals surface area contributed by atoms with Crippen LogP contribution in [0.15, 0.2) is 12.2 Å². The van der Waals surface area contributed by atoms with Gasteiger partial charge in [-0.1, -0.05) is 13.5 Å². The van der Waals surface area contributed by atoms with E-state index in [0.29, 0.717) is 12.0 Å². The zero-order valence-corrected chi connectivity index (χ0v) is 10.9. The van der Waals surface area contributed by atoms with Crippen LogP contribution in [0, 0.1) is 0 Å². The molecule has 5 nitrogen and oxygen atoms in total. The largest absolute Gasteiger partial charge is 0.458 e. The standard InChI is InChI=1S/C12H21NO4/c1-6-10(7-16-11(14)8(2)3)17-12(15)13-9(4)5/h9-10H,2,6-7H2,1,3-5H3,(H,13,15). The molecule has 0 rings (SSSR count). The van der Waals surface area contributed by atoms with Crippen molar-refractivity contribution in [1.29, 1.82) is 0 Å². The molecule has 0 saturated carbocycles. The van der Waals surface area contributed by atoms with Crippen molar-refractivity contribution < 1.29 is 19.1 Å². The Bertz CT molecular complexity index is 286. The van der Waals surface area contributed by atoms with Crippen molar-refractivity contribution in [2.45, 2.75) is 46.3 Å². The number of rotatable bonds is 6. The van der Waals surface area contributed by atoms with E-state index in [2.05, 4.69) is 11.9 Å². The molecule has 0 heterocycles. The van der Waals surface area contributed by atoms with Gasteiger partial charge in [0.05, 0.1) is 0 Å². The molecule has 1 amide bonds. The van der Waals surface area contributed by atoms with E-state index in [0.717, 1.165) is 0 Å². The molecule has 0 aliphatic heterocycles. The zero-order valence-electron chi connectivity index (χ0n) is 10.9. The van der Waals surface area contributed by atoms with Crippen molar-refractivity contribution >= 4 is 12.1 Å². The highest BCUT2D eigenvalue weighted by molar-refractivity contribution is 5.86. The second-order valence-corrected chi connectivity index (χ2v) is 4.11. The van der Waals surface area contributed by atoms with Gasteiger partial charge in [0.2, 0.25) is 0 Å². The highest BCUT2D eigenvalue weighted by Gasteiger charge is 2.15. The average Bonchev–Trinajstić information content (AvgIpc) is 2.22. The molecule has 17 heavy (non-hydrogen) atoms. The number of esters is 1. The lowest BCUT2D eigenvalue weighted by molar-refractivity contribution is -0.142. The molecular weight excluding hydrogens is 222 g/mol. The van der Waals surface area contributed by atoms with E-state index in [1.807, 2.05) is 20.8 Å². The molecule has 0 spiro atoms. The lowest BCUT2D eigenvalue weighted by atomic mass is 10.3. The molecule has 1 N–H and O–H groups in total. The summed E-state index contributed by atoms with van der Waals surface area (Å²) in [4.78, 5) is 22.5. The summed E-state index contributed by atoms with van der Waals surface area (Å²) in [6.45, 7) is 10.6. The van der Waals surface area contributed by atoms with E-state index in [1.165, 1.54) is 0 Å². The minimum Gasteiger partial charge on any atom is -0.458 e. The number of amides is 1. The number of ether oxygens (including phenoxy) is 2. The van der Waals surface area contributed by atoms with Crippen LogP contribution in [0.2, 0.25) is 0 Å². The van der Waals surface area contributed by atoms with Crippen LogP contribution in [0.25, 0.3) is 0 Å². The molecule has 0 aromatic heterocycles. The summed E-state index contributed by atoms with van der Waals surface area (Å²) >= 11 is 0. The van der Waals surface area contributed by atoms with Crippen LogP contribution in [0.5, 0.6) is 0 Å². The molecule has 0 fully saturated rings. The van der Waals surface area contributed by atoms with E-state index in [9.17, 15) is 9.59 Å². The third-order valence-corrected chi connectivity index (χ3v) is 1.88. The fourth-order valence-electron chi connectivity index (χ4n) is 0.948. The van der Waals surface area contributed by atoms with Crippen LogP contribution < -0.4 is 5.32 Å². The third kappa shape index (κ3) is 7.38. The second kappa shape index (κ2) is 7.70. The minimum absolute atomic E-state index is 0.0120. The highest BCUT2D eigenvalue weighted by Crippen LogP contribution is 2.02. The van der Waals surface area contributed by atoms with Gasteiger partial charge in [0.15, 0.2) is 0 Å². The lowest BCUT2D eigenvalue weighted by Crippen LogP contribution is -2.35. The van der Waals surface area contributed by atoms with Gasteiger partial charge in [0, 0.05) is 11.6 Å². The molecular formula is C12H21NO4. The summed E-state index contributed by atoms with van der Waals surface area (Å²) in [7, 11) is 0. The summed E-state index contributed by atoms with van der Waals surface area (Å²) in [6, 6.07) is 0.0120. The Balaban J connectivity index is 4.04. The lowest BCUT2D eigenvalue weighted by Gasteiger charge is -2.17. The topological polar surface area (TPSA) is 64.6 Å². The number of carbonyl (C=O) groups is 2. The molecule has 98 valence electrons. The maximum absolute atomic E-state index is 11.3. The van der Waals surface area contributed by atoms with E-state index in [-0.39, 0.29) is 12.6 Å². The molecule has 1 unspecified atom stereocenters. The van der Waals surface area contributed by atoms with Gasteiger partial charge in [-0.25, -0.2) is 9.59 Å². The first-order chi connectivity index (χ1) is 7.86. The molecule has 1 atom stereocenters. The summed E-state index contributed by atoms with van der Waals surface area (Å²) in [5.41, 5.74) is 0.325. The van der Waals surface area contributed by atoms with Crippen LogP contribution in [-0.2, 0) is 14.3 Å². The normalized spacial score (nSPS) is 11.8. The summed E-state index contributed by atoms with van der Waals surface area (Å²) in [5, 5.41) is 2.60. The van der Waals surface area contributed by atoms with Crippen molar-refractivity contribution in [3.05, 3.63) is 12.2 Å². The van der Waals surface area contributed by atoms with Crippen molar-refractivity contribution in [2.24, 2.45) is 0 Å². The molecule has 0 saturated heterocycles. The van der Waals surface area contributed by atoms with Gasteiger partial charge in [0.25, 0.3) is 0 Å². The Kier molecular flexibility index (Phi) is 7.02. The molecule has 0 aliphatic carbocycles. The number of hydrogen-bond acceptors (Lipinski definition) is 4. The minimum atomic E-state index is -0.502. The summed E-state index contributed by atoms with van der Waals surface area (Å²) in [6.07, 6.45) is -0.357. The molecule has 0 aliphatic rings. The van der Waals surface area contributed by atoms with Crippen molar-refractivity contribution in [3.8, 4) is 0 Å². The first-order valence-electron chi connectivity index (χ1n) is 5.66. The first kappa shape index (κ1) is 15.5. The second-order valence-electron chi connectivity index (χ2n) is 4.11. The zero-order chi connectivity index (χ0) is 13.4. The predicted molar refractivity (Wildman–Crippen MR) is 64.6 cm³/mol. The molecule has 0 radical (unpaired) electrons.